The fourth-order valence-electron chi connectivity index (χ4n) is 4.57. The number of nitrogens with zero attached hydrogens (tertiary/aromatic N) is 3. The lowest BCUT2D eigenvalue weighted by molar-refractivity contribution is 0.247. The van der Waals surface area contributed by atoms with Gasteiger partial charge in [0.1, 0.15) is 10.6 Å². The number of rotatable bonds is 2. The Morgan fingerprint density at radius 2 is 1.97 bits per heavy atom. The van der Waals surface area contributed by atoms with Gasteiger partial charge in [-0.05, 0) is 57.0 Å². The van der Waals surface area contributed by atoms with Gasteiger partial charge in [0.25, 0.3) is 0 Å². The second-order valence-electron chi connectivity index (χ2n) is 7.69. The maximum Gasteiger partial charge on any atom is 0.248 e. The van der Waals surface area contributed by atoms with Crippen LogP contribution < -0.4 is 5.32 Å². The Balaban J connectivity index is 1.47. The van der Waals surface area contributed by atoms with Crippen molar-refractivity contribution in [2.75, 3.05) is 18.4 Å². The van der Waals surface area contributed by atoms with Crippen LogP contribution in [-0.2, 0) is 15.6 Å². The number of hydrogen-bond donors (Lipinski definition) is 1. The summed E-state index contributed by atoms with van der Waals surface area (Å²) in [6.45, 7) is 4.11. The molecule has 1 N–H and O–H groups in total. The molecule has 1 saturated heterocycles. The van der Waals surface area contributed by atoms with Gasteiger partial charge in [-0.15, -0.1) is 0 Å². The highest BCUT2D eigenvalue weighted by atomic mass is 35.5. The average Bonchev–Trinajstić information content (AvgIpc) is 3.31. The zero-order valence-corrected chi connectivity index (χ0v) is 17.7. The molecule has 0 amide bonds. The molecule has 7 nitrogen and oxygen atoms in total. The second-order valence-corrected chi connectivity index (χ2v) is 10.0. The minimum Gasteiger partial charge on any atom is -0.372 e. The summed E-state index contributed by atoms with van der Waals surface area (Å²) in [6.07, 6.45) is 3.34. The summed E-state index contributed by atoms with van der Waals surface area (Å²) in [5, 5.41) is 8.17. The van der Waals surface area contributed by atoms with Crippen molar-refractivity contribution in [2.24, 2.45) is 0 Å². The third-order valence-corrected chi connectivity index (χ3v) is 8.35. The first-order valence-electron chi connectivity index (χ1n) is 9.51. The first kappa shape index (κ1) is 18.7. The lowest BCUT2D eigenvalue weighted by Crippen LogP contribution is -2.51. The molecule has 0 saturated carbocycles. The van der Waals surface area contributed by atoms with Gasteiger partial charge in [-0.3, -0.25) is 0 Å². The maximum atomic E-state index is 13.2. The Morgan fingerprint density at radius 3 is 2.66 bits per heavy atom. The molecule has 0 unspecified atom stereocenters. The summed E-state index contributed by atoms with van der Waals surface area (Å²) >= 11 is 6.20. The molecule has 0 bridgehead atoms. The van der Waals surface area contributed by atoms with E-state index in [-0.39, 0.29) is 10.4 Å². The van der Waals surface area contributed by atoms with Gasteiger partial charge in [-0.2, -0.15) is 4.31 Å². The first-order chi connectivity index (χ1) is 13.8. The van der Waals surface area contributed by atoms with Gasteiger partial charge < -0.3 is 14.4 Å². The van der Waals surface area contributed by atoms with Gasteiger partial charge in [-0.25, -0.2) is 8.42 Å². The lowest BCUT2D eigenvalue weighted by Gasteiger charge is -2.45. The zero-order chi connectivity index (χ0) is 20.4. The van der Waals surface area contributed by atoms with Crippen molar-refractivity contribution >= 4 is 27.3 Å². The molecular weight excluding hydrogens is 412 g/mol. The van der Waals surface area contributed by atoms with E-state index >= 15 is 0 Å². The van der Waals surface area contributed by atoms with E-state index in [0.29, 0.717) is 42.4 Å². The van der Waals surface area contributed by atoms with Crippen LogP contribution in [0, 0.1) is 13.8 Å². The summed E-state index contributed by atoms with van der Waals surface area (Å²) in [6, 6.07) is 9.90. The van der Waals surface area contributed by atoms with Crippen LogP contribution in [-0.4, -0.2) is 35.5 Å². The van der Waals surface area contributed by atoms with E-state index in [1.807, 2.05) is 30.5 Å². The molecule has 2 aromatic heterocycles. The van der Waals surface area contributed by atoms with E-state index in [1.165, 1.54) is 4.31 Å². The average molecular weight is 433 g/mol. The van der Waals surface area contributed by atoms with E-state index < -0.39 is 10.0 Å². The van der Waals surface area contributed by atoms with Crippen molar-refractivity contribution in [1.29, 1.82) is 0 Å². The maximum absolute atomic E-state index is 13.2. The molecule has 5 rings (SSSR count). The van der Waals surface area contributed by atoms with E-state index in [1.54, 1.807) is 13.8 Å². The summed E-state index contributed by atoms with van der Waals surface area (Å²) in [5.74, 6) is 0.332. The SMILES string of the molecule is Cc1noc(C)c1S(=O)(=O)N1CCC2(CC1)Nc1ccc(Cl)cc1-n1cccc12. The van der Waals surface area contributed by atoms with Crippen LogP contribution in [0.5, 0.6) is 0 Å². The molecule has 0 aliphatic carbocycles. The topological polar surface area (TPSA) is 80.4 Å². The number of benzene rings is 1. The first-order valence-corrected chi connectivity index (χ1v) is 11.3. The smallest absolute Gasteiger partial charge is 0.248 e. The Kier molecular flexibility index (Phi) is 4.10. The van der Waals surface area contributed by atoms with Crippen LogP contribution in [0.3, 0.4) is 0 Å². The van der Waals surface area contributed by atoms with E-state index in [9.17, 15) is 8.42 Å². The molecule has 3 aromatic rings. The summed E-state index contributed by atoms with van der Waals surface area (Å²) in [7, 11) is -3.64. The minimum absolute atomic E-state index is 0.188. The van der Waals surface area contributed by atoms with Crippen molar-refractivity contribution < 1.29 is 12.9 Å². The van der Waals surface area contributed by atoms with Crippen molar-refractivity contribution in [1.82, 2.24) is 14.0 Å². The van der Waals surface area contributed by atoms with Crippen LogP contribution >= 0.6 is 11.6 Å². The Morgan fingerprint density at radius 1 is 1.21 bits per heavy atom. The van der Waals surface area contributed by atoms with Crippen molar-refractivity contribution in [3.05, 3.63) is 58.7 Å². The van der Waals surface area contributed by atoms with E-state index in [2.05, 4.69) is 21.1 Å². The molecule has 1 spiro atoms. The zero-order valence-electron chi connectivity index (χ0n) is 16.1. The number of hydrogen-bond acceptors (Lipinski definition) is 5. The molecule has 29 heavy (non-hydrogen) atoms. The van der Waals surface area contributed by atoms with Crippen LogP contribution in [0.25, 0.3) is 5.69 Å². The third kappa shape index (κ3) is 2.73. The number of halogens is 1. The monoisotopic (exact) mass is 432 g/mol. The highest BCUT2D eigenvalue weighted by Crippen LogP contribution is 2.44. The van der Waals surface area contributed by atoms with Gasteiger partial charge in [0.15, 0.2) is 5.76 Å². The number of aromatic nitrogens is 2. The minimum atomic E-state index is -3.64. The lowest BCUT2D eigenvalue weighted by atomic mass is 9.83. The highest BCUT2D eigenvalue weighted by molar-refractivity contribution is 7.89. The molecule has 0 atom stereocenters. The number of sulfonamides is 1. The third-order valence-electron chi connectivity index (χ3n) is 5.97. The summed E-state index contributed by atoms with van der Waals surface area (Å²) in [4.78, 5) is 0.188. The molecule has 1 fully saturated rings. The Hall–Kier alpha value is -2.29. The van der Waals surface area contributed by atoms with Gasteiger partial charge >= 0.3 is 0 Å². The molecule has 9 heteroatoms. The van der Waals surface area contributed by atoms with E-state index in [4.69, 9.17) is 16.1 Å². The number of aryl methyl sites for hydroxylation is 2. The molecular formula is C20H21ClN4O3S. The van der Waals surface area contributed by atoms with Crippen LogP contribution in [0.1, 0.15) is 30.0 Å². The number of anilines is 1. The summed E-state index contributed by atoms with van der Waals surface area (Å²) < 4.78 is 35.1. The standard InChI is InChI=1S/C20H21ClN4O3S/c1-13-19(14(2)28-23-13)29(26,27)24-10-7-20(8-11-24)18-4-3-9-25(18)17-12-15(21)5-6-16(17)22-20/h3-6,9,12,22H,7-8,10-11H2,1-2H3. The van der Waals surface area contributed by atoms with Gasteiger partial charge in [0.05, 0.1) is 16.9 Å². The number of nitrogens with one attached hydrogen (secondary N) is 1. The quantitative estimate of drug-likeness (QED) is 0.665. The molecule has 1 aromatic carbocycles. The molecule has 0 radical (unpaired) electrons. The highest BCUT2D eigenvalue weighted by Gasteiger charge is 2.44. The predicted molar refractivity (Wildman–Crippen MR) is 110 cm³/mol. The molecule has 2 aliphatic heterocycles. The van der Waals surface area contributed by atoms with Crippen LogP contribution in [0.4, 0.5) is 5.69 Å². The second kappa shape index (κ2) is 6.35. The fourth-order valence-corrected chi connectivity index (χ4v) is 6.47. The summed E-state index contributed by atoms with van der Waals surface area (Å²) in [5.41, 5.74) is 3.21. The van der Waals surface area contributed by atoms with Gasteiger partial charge in [0, 0.05) is 30.0 Å². The molecule has 2 aliphatic rings. The van der Waals surface area contributed by atoms with Crippen molar-refractivity contribution in [3.63, 3.8) is 0 Å². The van der Waals surface area contributed by atoms with Gasteiger partial charge in [-0.1, -0.05) is 16.8 Å². The van der Waals surface area contributed by atoms with Crippen molar-refractivity contribution in [3.8, 4) is 5.69 Å². The largest absolute Gasteiger partial charge is 0.372 e. The Labute approximate surface area is 174 Å². The number of piperidine rings is 1. The van der Waals surface area contributed by atoms with Crippen LogP contribution in [0.2, 0.25) is 5.02 Å². The number of fused-ring (bicyclic) bond motifs is 4. The van der Waals surface area contributed by atoms with Crippen LogP contribution in [0.15, 0.2) is 45.9 Å². The normalized spacial score (nSPS) is 18.3. The Bertz CT molecular complexity index is 1190. The van der Waals surface area contributed by atoms with Gasteiger partial charge in [0.2, 0.25) is 10.0 Å². The fraction of sp³-hybridized carbons (Fsp3) is 0.350. The predicted octanol–water partition coefficient (Wildman–Crippen LogP) is 3.84. The molecule has 4 heterocycles. The molecule has 152 valence electrons. The van der Waals surface area contributed by atoms with E-state index in [0.717, 1.165) is 17.1 Å². The van der Waals surface area contributed by atoms with Crippen molar-refractivity contribution in [2.45, 2.75) is 37.1 Å².